The van der Waals surface area contributed by atoms with Crippen LogP contribution in [0.5, 0.6) is 0 Å². The van der Waals surface area contributed by atoms with Gasteiger partial charge in [0.2, 0.25) is 0 Å². The van der Waals surface area contributed by atoms with Gasteiger partial charge in [-0.2, -0.15) is 0 Å². The quantitative estimate of drug-likeness (QED) is 0.671. The van der Waals surface area contributed by atoms with Crippen LogP contribution in [0.4, 0.5) is 0 Å². The van der Waals surface area contributed by atoms with Gasteiger partial charge in [0.05, 0.1) is 0 Å². The molecule has 0 aliphatic carbocycles. The zero-order chi connectivity index (χ0) is 5.15. The molecule has 4 heteroatoms. The Hall–Kier alpha value is 0.534. The molecule has 0 aliphatic heterocycles. The second-order valence-electron chi connectivity index (χ2n) is 1.01. The molecule has 0 fully saturated rings. The number of hydrogen-bond acceptors (Lipinski definition) is 2. The van der Waals surface area contributed by atoms with Gasteiger partial charge in [-0.05, 0) is 6.92 Å². The van der Waals surface area contributed by atoms with E-state index in [-0.39, 0.29) is 47.6 Å². The summed E-state index contributed by atoms with van der Waals surface area (Å²) in [5.41, 5.74) is 0. The van der Waals surface area contributed by atoms with E-state index in [1.54, 1.807) is 0 Å². The van der Waals surface area contributed by atoms with Crippen LogP contribution in [0.1, 0.15) is 21.8 Å². The molecule has 0 spiro atoms. The maximum atomic E-state index is 9.45. The molecular weight excluding hydrogens is 197 g/mol. The fourth-order valence-electron chi connectivity index (χ4n) is 0. The topological polar surface area (TPSA) is 57.5 Å². The predicted molar refractivity (Wildman–Crippen MR) is 32.8 cm³/mol. The first kappa shape index (κ1) is 22.7. The smallest absolute Gasteiger partial charge is 0.332 e. The van der Waals surface area contributed by atoms with Crippen LogP contribution in [0.15, 0.2) is 0 Å². The molecule has 0 heterocycles. The van der Waals surface area contributed by atoms with Crippen molar-refractivity contribution in [3.8, 4) is 0 Å². The molecule has 0 aliphatic rings. The number of carbonyl (C=O) groups is 1. The second-order valence-corrected chi connectivity index (χ2v) is 1.01. The number of aliphatic carboxylic acids is 1. The largest absolute Gasteiger partial charge is 0.479 e. The van der Waals surface area contributed by atoms with Crippen LogP contribution < -0.4 is 0 Å². The van der Waals surface area contributed by atoms with E-state index in [9.17, 15) is 4.79 Å². The predicted octanol–water partition coefficient (Wildman–Crippen LogP) is 0.722. The van der Waals surface area contributed by atoms with Crippen molar-refractivity contribution < 1.29 is 47.7 Å². The summed E-state index contributed by atoms with van der Waals surface area (Å²) < 4.78 is 0. The molecule has 1 radical (unpaired) electrons. The summed E-state index contributed by atoms with van der Waals surface area (Å²) in [4.78, 5) is 9.45. The number of hydrogen-bond donors (Lipinski definition) is 2. The van der Waals surface area contributed by atoms with Crippen LogP contribution in [0.2, 0.25) is 0 Å². The van der Waals surface area contributed by atoms with Crippen molar-refractivity contribution in [1.82, 2.24) is 0 Å². The van der Waals surface area contributed by atoms with Crippen LogP contribution in [-0.4, -0.2) is 22.3 Å². The molecular formula is C5H14O3Y. The van der Waals surface area contributed by atoms with E-state index < -0.39 is 12.1 Å². The average Bonchev–Trinajstić information content (AvgIpc) is 1.36. The van der Waals surface area contributed by atoms with E-state index in [4.69, 9.17) is 10.2 Å². The van der Waals surface area contributed by atoms with Gasteiger partial charge in [-0.15, -0.1) is 0 Å². The standard InChI is InChI=1S/C3H6O3.2CH4.Y/c1-2(4)3(5)6;;;/h2,4H,1H3,(H,5,6);2*1H4;. The number of aliphatic hydroxyl groups is 1. The first-order valence-electron chi connectivity index (χ1n) is 1.55. The number of aliphatic hydroxyl groups excluding tert-OH is 1. The monoisotopic (exact) mass is 211 g/mol. The maximum absolute atomic E-state index is 9.45. The third kappa shape index (κ3) is 17.7. The summed E-state index contributed by atoms with van der Waals surface area (Å²) in [6.45, 7) is 1.20. The minimum Gasteiger partial charge on any atom is -0.479 e. The van der Waals surface area contributed by atoms with Crippen LogP contribution >= 0.6 is 0 Å². The zero-order valence-electron chi connectivity index (χ0n) is 3.96. The Bertz CT molecular complexity index is 63.2. The zero-order valence-corrected chi connectivity index (χ0v) is 6.80. The Morgan fingerprint density at radius 1 is 1.44 bits per heavy atom. The Kier molecular flexibility index (Phi) is 28.6. The minimum atomic E-state index is -1.23. The first-order valence-corrected chi connectivity index (χ1v) is 1.55. The van der Waals surface area contributed by atoms with Crippen molar-refractivity contribution in [2.45, 2.75) is 27.9 Å². The Morgan fingerprint density at radius 3 is 1.56 bits per heavy atom. The molecule has 0 aromatic heterocycles. The van der Waals surface area contributed by atoms with E-state index in [0.717, 1.165) is 0 Å². The van der Waals surface area contributed by atoms with Crippen LogP contribution in [0.3, 0.4) is 0 Å². The van der Waals surface area contributed by atoms with Crippen molar-refractivity contribution in [3.05, 3.63) is 0 Å². The van der Waals surface area contributed by atoms with Gasteiger partial charge in [0, 0.05) is 32.7 Å². The Balaban J connectivity index is -0.0000000417. The molecule has 2 N–H and O–H groups in total. The van der Waals surface area contributed by atoms with Crippen molar-refractivity contribution in [2.24, 2.45) is 0 Å². The summed E-state index contributed by atoms with van der Waals surface area (Å²) in [6.07, 6.45) is -1.23. The van der Waals surface area contributed by atoms with Gasteiger partial charge in [-0.25, -0.2) is 4.79 Å². The van der Waals surface area contributed by atoms with Gasteiger partial charge in [0.1, 0.15) is 6.10 Å². The van der Waals surface area contributed by atoms with Crippen molar-refractivity contribution >= 4 is 5.97 Å². The first-order chi connectivity index (χ1) is 2.64. The molecule has 0 aromatic carbocycles. The summed E-state index contributed by atoms with van der Waals surface area (Å²) in [5.74, 6) is -1.19. The molecule has 0 rings (SSSR count). The summed E-state index contributed by atoms with van der Waals surface area (Å²) in [5, 5.41) is 15.8. The molecule has 9 heavy (non-hydrogen) atoms. The Morgan fingerprint density at radius 2 is 1.56 bits per heavy atom. The Labute approximate surface area is 81.3 Å². The summed E-state index contributed by atoms with van der Waals surface area (Å²) in [7, 11) is 0. The molecule has 0 saturated heterocycles. The average molecular weight is 211 g/mol. The van der Waals surface area contributed by atoms with Gasteiger partial charge >= 0.3 is 5.97 Å². The molecule has 0 amide bonds. The van der Waals surface area contributed by atoms with E-state index in [2.05, 4.69) is 0 Å². The van der Waals surface area contributed by atoms with Crippen molar-refractivity contribution in [3.63, 3.8) is 0 Å². The maximum Gasteiger partial charge on any atom is 0.332 e. The SMILES string of the molecule is C.C.CC(O)C(=O)O.[Y]. The molecule has 1 unspecified atom stereocenters. The summed E-state index contributed by atoms with van der Waals surface area (Å²) >= 11 is 0. The molecule has 3 nitrogen and oxygen atoms in total. The summed E-state index contributed by atoms with van der Waals surface area (Å²) in [6, 6.07) is 0. The van der Waals surface area contributed by atoms with Gasteiger partial charge in [-0.3, -0.25) is 0 Å². The normalized spacial score (nSPS) is 9.11. The third-order valence-corrected chi connectivity index (χ3v) is 0.357. The molecule has 0 bridgehead atoms. The number of rotatable bonds is 1. The number of carboxylic acids is 1. The number of carboxylic acid groups (broad SMARTS) is 1. The fourth-order valence-corrected chi connectivity index (χ4v) is 0. The van der Waals surface area contributed by atoms with Crippen molar-refractivity contribution in [2.75, 3.05) is 0 Å². The van der Waals surface area contributed by atoms with Crippen LogP contribution in [-0.2, 0) is 37.5 Å². The van der Waals surface area contributed by atoms with E-state index in [1.165, 1.54) is 6.92 Å². The van der Waals surface area contributed by atoms with Crippen LogP contribution in [0, 0.1) is 0 Å². The van der Waals surface area contributed by atoms with Gasteiger partial charge in [0.25, 0.3) is 0 Å². The molecule has 0 saturated carbocycles. The molecule has 1 atom stereocenters. The minimum absolute atomic E-state index is 0. The van der Waals surface area contributed by atoms with E-state index in [1.807, 2.05) is 0 Å². The van der Waals surface area contributed by atoms with E-state index >= 15 is 0 Å². The third-order valence-electron chi connectivity index (χ3n) is 0.357. The van der Waals surface area contributed by atoms with Gasteiger partial charge in [0.15, 0.2) is 0 Å². The second kappa shape index (κ2) is 11.3. The van der Waals surface area contributed by atoms with Crippen LogP contribution in [0.25, 0.3) is 0 Å². The van der Waals surface area contributed by atoms with Crippen molar-refractivity contribution in [1.29, 1.82) is 0 Å². The van der Waals surface area contributed by atoms with Gasteiger partial charge < -0.3 is 10.2 Å². The molecule has 0 aromatic rings. The molecule has 55 valence electrons. The fraction of sp³-hybridized carbons (Fsp3) is 0.800. The van der Waals surface area contributed by atoms with Gasteiger partial charge in [-0.1, -0.05) is 14.9 Å². The van der Waals surface area contributed by atoms with E-state index in [0.29, 0.717) is 0 Å².